The van der Waals surface area contributed by atoms with Crippen LogP contribution in [-0.2, 0) is 12.0 Å². The largest absolute Gasteiger partial charge is 0.415 e. The molecule has 1 N–H and O–H groups in total. The normalized spacial score (nSPS) is 21.4. The second-order valence-electron chi connectivity index (χ2n) is 8.52. The van der Waals surface area contributed by atoms with Crippen molar-refractivity contribution in [3.8, 4) is 0 Å². The molecule has 1 saturated heterocycles. The van der Waals surface area contributed by atoms with Gasteiger partial charge in [-0.05, 0) is 65.6 Å². The third-order valence-electron chi connectivity index (χ3n) is 5.96. The van der Waals surface area contributed by atoms with E-state index in [9.17, 15) is 17.6 Å². The van der Waals surface area contributed by atoms with Crippen LogP contribution in [0.4, 0.5) is 17.6 Å². The summed E-state index contributed by atoms with van der Waals surface area (Å²) in [6.07, 6.45) is -0.465. The molecule has 2 nitrogen and oxygen atoms in total. The molecule has 2 atom stereocenters. The van der Waals surface area contributed by atoms with Crippen molar-refractivity contribution < 1.29 is 17.6 Å². The van der Waals surface area contributed by atoms with Crippen molar-refractivity contribution in [2.24, 2.45) is 0 Å². The van der Waals surface area contributed by atoms with E-state index in [2.05, 4.69) is 25.3 Å². The molecule has 0 saturated carbocycles. The van der Waals surface area contributed by atoms with Gasteiger partial charge in [-0.2, -0.15) is 13.2 Å². The van der Waals surface area contributed by atoms with Crippen LogP contribution in [0.3, 0.4) is 0 Å². The van der Waals surface area contributed by atoms with Gasteiger partial charge in [0.25, 0.3) is 0 Å². The van der Waals surface area contributed by atoms with Crippen LogP contribution in [0.1, 0.15) is 48.9 Å². The molecule has 0 spiro atoms. The minimum Gasteiger partial charge on any atom is -0.300 e. The molecule has 0 aliphatic carbocycles. The monoisotopic (exact) mass is 478 g/mol. The molecule has 0 amide bonds. The van der Waals surface area contributed by atoms with E-state index in [1.165, 1.54) is 12.5 Å². The lowest BCUT2D eigenvalue weighted by atomic mass is 9.70. The Balaban J connectivity index is 0.000000968. The second kappa shape index (κ2) is 9.82. The summed E-state index contributed by atoms with van der Waals surface area (Å²) in [5, 5.41) is 8.24. The number of rotatable bonds is 4. The first kappa shape index (κ1) is 25.2. The maximum atomic E-state index is 13.7. The van der Waals surface area contributed by atoms with E-state index >= 15 is 0 Å². The number of allylic oxidation sites excluding steroid dienone is 3. The molecule has 2 unspecified atom stereocenters. The van der Waals surface area contributed by atoms with E-state index in [1.807, 2.05) is 12.1 Å². The van der Waals surface area contributed by atoms with Crippen molar-refractivity contribution >= 4 is 17.3 Å². The van der Waals surface area contributed by atoms with Gasteiger partial charge in [-0.3, -0.25) is 4.90 Å². The van der Waals surface area contributed by atoms with Crippen LogP contribution in [0.15, 0.2) is 60.7 Å². The summed E-state index contributed by atoms with van der Waals surface area (Å²) >= 11 is 6.04. The zero-order valence-electron chi connectivity index (χ0n) is 18.7. The molecule has 0 radical (unpaired) electrons. The SMILES string of the molecule is C=C(/C=C\C(=N)c1ccc2c(c1)CN1CCC2(c2ccc(F)c(Cl)c2)C1)C(F)(F)F.CCC. The summed E-state index contributed by atoms with van der Waals surface area (Å²) in [5.41, 5.74) is 2.27. The van der Waals surface area contributed by atoms with Crippen molar-refractivity contribution in [2.75, 3.05) is 13.1 Å². The molecule has 2 heterocycles. The maximum Gasteiger partial charge on any atom is 0.415 e. The Morgan fingerprint density at radius 1 is 1.18 bits per heavy atom. The Bertz CT molecular complexity index is 1090. The first-order chi connectivity index (χ1) is 15.5. The van der Waals surface area contributed by atoms with Crippen LogP contribution in [0, 0.1) is 11.2 Å². The number of benzene rings is 2. The second-order valence-corrected chi connectivity index (χ2v) is 8.93. The first-order valence-electron chi connectivity index (χ1n) is 10.9. The zero-order chi connectivity index (χ0) is 24.4. The van der Waals surface area contributed by atoms with E-state index in [0.717, 1.165) is 48.4 Å². The van der Waals surface area contributed by atoms with Gasteiger partial charge in [-0.15, -0.1) is 0 Å². The van der Waals surface area contributed by atoms with Crippen molar-refractivity contribution in [1.82, 2.24) is 4.90 Å². The Kier molecular flexibility index (Phi) is 7.49. The average molecular weight is 479 g/mol. The molecule has 2 aromatic rings. The lowest BCUT2D eigenvalue weighted by Gasteiger charge is -2.37. The smallest absolute Gasteiger partial charge is 0.300 e. The number of alkyl halides is 3. The van der Waals surface area contributed by atoms with Gasteiger partial charge < -0.3 is 5.41 Å². The van der Waals surface area contributed by atoms with Gasteiger partial charge in [0.2, 0.25) is 0 Å². The summed E-state index contributed by atoms with van der Waals surface area (Å²) in [4.78, 5) is 2.29. The number of nitrogens with zero attached hydrogens (tertiary/aromatic N) is 1. The van der Waals surface area contributed by atoms with E-state index in [0.29, 0.717) is 12.1 Å². The topological polar surface area (TPSA) is 27.1 Å². The number of nitrogens with one attached hydrogen (secondary N) is 1. The Morgan fingerprint density at radius 2 is 1.88 bits per heavy atom. The molecule has 0 aromatic heterocycles. The molecular weight excluding hydrogens is 452 g/mol. The van der Waals surface area contributed by atoms with Gasteiger partial charge >= 0.3 is 6.18 Å². The molecule has 2 aliphatic heterocycles. The molecule has 176 valence electrons. The van der Waals surface area contributed by atoms with E-state index < -0.39 is 17.6 Å². The third-order valence-corrected chi connectivity index (χ3v) is 6.25. The van der Waals surface area contributed by atoms with Crippen molar-refractivity contribution in [2.45, 2.75) is 44.8 Å². The predicted molar refractivity (Wildman–Crippen MR) is 126 cm³/mol. The minimum atomic E-state index is -4.51. The summed E-state index contributed by atoms with van der Waals surface area (Å²) in [6, 6.07) is 10.4. The van der Waals surface area contributed by atoms with E-state index in [1.54, 1.807) is 18.2 Å². The molecule has 33 heavy (non-hydrogen) atoms. The van der Waals surface area contributed by atoms with Gasteiger partial charge in [0.05, 0.1) is 10.7 Å². The van der Waals surface area contributed by atoms with Crippen molar-refractivity contribution in [3.63, 3.8) is 0 Å². The Morgan fingerprint density at radius 3 is 2.52 bits per heavy atom. The quantitative estimate of drug-likeness (QED) is 0.276. The fourth-order valence-electron chi connectivity index (χ4n) is 4.40. The first-order valence-corrected chi connectivity index (χ1v) is 11.2. The molecule has 2 aliphatic rings. The fraction of sp³-hybridized carbons (Fsp3) is 0.346. The molecule has 2 bridgehead atoms. The van der Waals surface area contributed by atoms with Gasteiger partial charge in [0, 0.05) is 24.1 Å². The van der Waals surface area contributed by atoms with Crippen LogP contribution in [0.25, 0.3) is 0 Å². The Labute approximate surface area is 197 Å². The van der Waals surface area contributed by atoms with Crippen LogP contribution in [0.2, 0.25) is 5.02 Å². The number of hydrogen-bond acceptors (Lipinski definition) is 2. The summed E-state index contributed by atoms with van der Waals surface area (Å²) < 4.78 is 51.5. The molecule has 2 aromatic carbocycles. The van der Waals surface area contributed by atoms with Crippen LogP contribution >= 0.6 is 11.6 Å². The van der Waals surface area contributed by atoms with Gasteiger partial charge in [0.1, 0.15) is 5.82 Å². The number of fused-ring (bicyclic) bond motifs is 4. The van der Waals surface area contributed by atoms with Gasteiger partial charge in [-0.1, -0.05) is 56.6 Å². The van der Waals surface area contributed by atoms with Crippen LogP contribution in [0.5, 0.6) is 0 Å². The molecule has 1 fully saturated rings. The van der Waals surface area contributed by atoms with Gasteiger partial charge in [-0.25, -0.2) is 4.39 Å². The predicted octanol–water partition coefficient (Wildman–Crippen LogP) is 7.44. The highest BCUT2D eigenvalue weighted by Crippen LogP contribution is 2.47. The van der Waals surface area contributed by atoms with Crippen LogP contribution in [-0.4, -0.2) is 29.9 Å². The number of halogens is 5. The third kappa shape index (κ3) is 5.22. The summed E-state index contributed by atoms with van der Waals surface area (Å²) in [7, 11) is 0. The maximum absolute atomic E-state index is 13.7. The van der Waals surface area contributed by atoms with E-state index in [-0.39, 0.29) is 16.1 Å². The molecular formula is C26H27ClF4N2. The zero-order valence-corrected chi connectivity index (χ0v) is 19.5. The lowest BCUT2D eigenvalue weighted by molar-refractivity contribution is -0.0878. The lowest BCUT2D eigenvalue weighted by Crippen LogP contribution is -2.38. The number of hydrogen-bond donors (Lipinski definition) is 1. The summed E-state index contributed by atoms with van der Waals surface area (Å²) in [6.45, 7) is 9.62. The standard InChI is InChI=1S/C23H19ClF4N2.C3H8/c1-14(23(26,27)28)2-7-21(29)15-3-5-18-16(10-15)12-30-9-8-22(18,13-30)17-4-6-20(25)19(24)11-17;1-3-2/h2-7,10-11,29H,1,8-9,12-13H2;3H2,1-2H3/b7-2-,29-21?;. The Hall–Kier alpha value is -2.44. The summed E-state index contributed by atoms with van der Waals surface area (Å²) in [5.74, 6) is -0.460. The highest BCUT2D eigenvalue weighted by atomic mass is 35.5. The van der Waals surface area contributed by atoms with Crippen molar-refractivity contribution in [1.29, 1.82) is 5.41 Å². The fourth-order valence-corrected chi connectivity index (χ4v) is 4.58. The van der Waals surface area contributed by atoms with E-state index in [4.69, 9.17) is 17.0 Å². The average Bonchev–Trinajstić information content (AvgIpc) is 3.11. The van der Waals surface area contributed by atoms with Crippen LogP contribution < -0.4 is 0 Å². The highest BCUT2D eigenvalue weighted by Gasteiger charge is 2.46. The van der Waals surface area contributed by atoms with Gasteiger partial charge in [0.15, 0.2) is 0 Å². The minimum absolute atomic E-state index is 0.0185. The molecule has 4 rings (SSSR count). The highest BCUT2D eigenvalue weighted by molar-refractivity contribution is 6.30. The van der Waals surface area contributed by atoms with Crippen molar-refractivity contribution in [3.05, 3.63) is 93.8 Å². The molecule has 7 heteroatoms.